The number of nitrogens with zero attached hydrogens (tertiary/aromatic N) is 2. The number of nitrogens with one attached hydrogen (secondary N) is 1. The lowest BCUT2D eigenvalue weighted by molar-refractivity contribution is -0.139. The number of benzene rings is 2. The first-order valence-electron chi connectivity index (χ1n) is 11.5. The molecule has 0 radical (unpaired) electrons. The van der Waals surface area contributed by atoms with Crippen LogP contribution in [-0.4, -0.2) is 56.6 Å². The highest BCUT2D eigenvalue weighted by molar-refractivity contribution is 7.92. The Balaban J connectivity index is 2.38. The van der Waals surface area contributed by atoms with Gasteiger partial charge in [0.15, 0.2) is 0 Å². The molecule has 192 valence electrons. The van der Waals surface area contributed by atoms with Gasteiger partial charge in [-0.1, -0.05) is 67.4 Å². The van der Waals surface area contributed by atoms with Crippen LogP contribution in [0.2, 0.25) is 10.0 Å². The molecule has 0 spiro atoms. The second kappa shape index (κ2) is 13.1. The number of amides is 2. The van der Waals surface area contributed by atoms with Crippen molar-refractivity contribution in [3.63, 3.8) is 0 Å². The summed E-state index contributed by atoms with van der Waals surface area (Å²) in [5.74, 6) is -0.743. The van der Waals surface area contributed by atoms with Crippen LogP contribution in [0.4, 0.5) is 5.69 Å². The van der Waals surface area contributed by atoms with E-state index in [1.54, 1.807) is 0 Å². The van der Waals surface area contributed by atoms with E-state index in [1.165, 1.54) is 23.1 Å². The Labute approximate surface area is 218 Å². The first kappa shape index (κ1) is 28.9. The monoisotopic (exact) mass is 541 g/mol. The van der Waals surface area contributed by atoms with Crippen LogP contribution in [0, 0.1) is 0 Å². The van der Waals surface area contributed by atoms with Crippen molar-refractivity contribution in [2.45, 2.75) is 52.1 Å². The van der Waals surface area contributed by atoms with Gasteiger partial charge < -0.3 is 10.2 Å². The first-order chi connectivity index (χ1) is 16.5. The third-order valence-corrected chi connectivity index (χ3v) is 7.62. The molecule has 2 aromatic carbocycles. The molecule has 2 amide bonds. The Kier molecular flexibility index (Phi) is 10.9. The van der Waals surface area contributed by atoms with Crippen molar-refractivity contribution in [2.75, 3.05) is 23.7 Å². The number of halogens is 2. The van der Waals surface area contributed by atoms with Gasteiger partial charge in [0.1, 0.15) is 12.6 Å². The minimum Gasteiger partial charge on any atom is -0.352 e. The zero-order valence-electron chi connectivity index (χ0n) is 20.5. The van der Waals surface area contributed by atoms with Gasteiger partial charge in [0.05, 0.1) is 22.0 Å². The lowest BCUT2D eigenvalue weighted by atomic mass is 10.1. The predicted octanol–water partition coefficient (Wildman–Crippen LogP) is 4.52. The van der Waals surface area contributed by atoms with E-state index in [1.807, 2.05) is 51.1 Å². The van der Waals surface area contributed by atoms with Gasteiger partial charge in [0.2, 0.25) is 21.8 Å². The molecule has 7 nitrogen and oxygen atoms in total. The van der Waals surface area contributed by atoms with Gasteiger partial charge in [-0.25, -0.2) is 8.42 Å². The normalized spacial score (nSPS) is 13.1. The van der Waals surface area contributed by atoms with E-state index in [9.17, 15) is 18.0 Å². The van der Waals surface area contributed by atoms with Crippen LogP contribution in [0.3, 0.4) is 0 Å². The second-order valence-electron chi connectivity index (χ2n) is 8.43. The van der Waals surface area contributed by atoms with Crippen molar-refractivity contribution in [1.29, 1.82) is 0 Å². The van der Waals surface area contributed by atoms with Gasteiger partial charge in [-0.3, -0.25) is 13.9 Å². The number of rotatable bonds is 12. The highest BCUT2D eigenvalue weighted by Crippen LogP contribution is 2.28. The van der Waals surface area contributed by atoms with Crippen molar-refractivity contribution in [3.05, 3.63) is 64.1 Å². The van der Waals surface area contributed by atoms with Crippen LogP contribution in [0.5, 0.6) is 0 Å². The van der Waals surface area contributed by atoms with Crippen LogP contribution in [-0.2, 0) is 26.0 Å². The lowest BCUT2D eigenvalue weighted by Crippen LogP contribution is -2.54. The number of anilines is 1. The van der Waals surface area contributed by atoms with Gasteiger partial charge in [0.25, 0.3) is 0 Å². The second-order valence-corrected chi connectivity index (χ2v) is 11.2. The molecule has 0 saturated heterocycles. The molecule has 2 aromatic rings. The van der Waals surface area contributed by atoms with Crippen molar-refractivity contribution >= 4 is 50.7 Å². The molecule has 2 rings (SSSR count). The molecule has 0 unspecified atom stereocenters. The maximum absolute atomic E-state index is 13.6. The molecule has 0 bridgehead atoms. The Morgan fingerprint density at radius 3 is 2.20 bits per heavy atom. The van der Waals surface area contributed by atoms with E-state index >= 15 is 0 Å². The highest BCUT2D eigenvalue weighted by atomic mass is 35.5. The Hall–Kier alpha value is -2.29. The van der Waals surface area contributed by atoms with E-state index in [4.69, 9.17) is 23.2 Å². The molecule has 0 aliphatic carbocycles. The van der Waals surface area contributed by atoms with Crippen molar-refractivity contribution in [1.82, 2.24) is 10.2 Å². The molecule has 2 atom stereocenters. The molecule has 0 aliphatic heterocycles. The average molecular weight is 543 g/mol. The largest absolute Gasteiger partial charge is 0.352 e. The molecule has 0 heterocycles. The Morgan fingerprint density at radius 2 is 1.66 bits per heavy atom. The minimum absolute atomic E-state index is 0.0497. The first-order valence-corrected chi connectivity index (χ1v) is 14.1. The van der Waals surface area contributed by atoms with Gasteiger partial charge >= 0.3 is 0 Å². The molecule has 35 heavy (non-hydrogen) atoms. The summed E-state index contributed by atoms with van der Waals surface area (Å²) in [7, 11) is -3.84. The third-order valence-electron chi connectivity index (χ3n) is 5.74. The number of hydrogen-bond acceptors (Lipinski definition) is 4. The topological polar surface area (TPSA) is 86.8 Å². The number of carbonyl (C=O) groups excluding carboxylic acids is 2. The van der Waals surface area contributed by atoms with Gasteiger partial charge in [0, 0.05) is 12.6 Å². The van der Waals surface area contributed by atoms with Crippen molar-refractivity contribution in [2.24, 2.45) is 0 Å². The van der Waals surface area contributed by atoms with Gasteiger partial charge in [-0.05, 0) is 49.9 Å². The van der Waals surface area contributed by atoms with Crippen LogP contribution >= 0.6 is 23.2 Å². The number of sulfonamides is 1. The summed E-state index contributed by atoms with van der Waals surface area (Å²) in [5.41, 5.74) is 1.22. The van der Waals surface area contributed by atoms with E-state index < -0.39 is 28.5 Å². The molecule has 10 heteroatoms. The molecule has 0 fully saturated rings. The number of hydrogen-bond donors (Lipinski definition) is 1. The maximum atomic E-state index is 13.6. The fourth-order valence-electron chi connectivity index (χ4n) is 3.59. The molecule has 1 N–H and O–H groups in total. The molecule has 0 aliphatic rings. The van der Waals surface area contributed by atoms with E-state index in [2.05, 4.69) is 5.32 Å². The summed E-state index contributed by atoms with van der Waals surface area (Å²) in [5, 5.41) is 3.39. The SMILES string of the molecule is CC[C@H](C(=O)N[C@@H](C)CC)N(CCc1ccccc1)C(=O)CN(c1ccc(Cl)c(Cl)c1)S(C)(=O)=O. The van der Waals surface area contributed by atoms with E-state index in [-0.39, 0.29) is 34.2 Å². The molecule has 0 aromatic heterocycles. The standard InChI is InChI=1S/C25H33Cl2N3O4S/c1-5-18(3)28-25(32)23(6-2)29(15-14-19-10-8-7-9-11-19)24(31)17-30(35(4,33)34)20-12-13-21(26)22(27)16-20/h7-13,16,18,23H,5-6,14-15,17H2,1-4H3,(H,28,32)/t18-,23+/m0/s1. The molecule has 0 saturated carbocycles. The summed E-state index contributed by atoms with van der Waals surface area (Å²) < 4.78 is 26.2. The summed E-state index contributed by atoms with van der Waals surface area (Å²) in [6.45, 7) is 5.48. The van der Waals surface area contributed by atoms with Crippen LogP contribution in [0.15, 0.2) is 48.5 Å². The summed E-state index contributed by atoms with van der Waals surface area (Å²) in [4.78, 5) is 28.1. The Morgan fingerprint density at radius 1 is 1.00 bits per heavy atom. The summed E-state index contributed by atoms with van der Waals surface area (Å²) in [6.07, 6.45) is 2.67. The van der Waals surface area contributed by atoms with Crippen LogP contribution in [0.1, 0.15) is 39.2 Å². The van der Waals surface area contributed by atoms with Crippen molar-refractivity contribution in [3.8, 4) is 0 Å². The third kappa shape index (κ3) is 8.40. The van der Waals surface area contributed by atoms with Crippen molar-refractivity contribution < 1.29 is 18.0 Å². The lowest BCUT2D eigenvalue weighted by Gasteiger charge is -2.33. The predicted molar refractivity (Wildman–Crippen MR) is 142 cm³/mol. The van der Waals surface area contributed by atoms with Gasteiger partial charge in [-0.2, -0.15) is 0 Å². The number of carbonyl (C=O) groups is 2. The molecular formula is C25H33Cl2N3O4S. The minimum atomic E-state index is -3.84. The maximum Gasteiger partial charge on any atom is 0.244 e. The fraction of sp³-hybridized carbons (Fsp3) is 0.440. The quantitative estimate of drug-likeness (QED) is 0.427. The van der Waals surface area contributed by atoms with E-state index in [0.29, 0.717) is 12.8 Å². The average Bonchev–Trinajstić information content (AvgIpc) is 2.81. The van der Waals surface area contributed by atoms with E-state index in [0.717, 1.165) is 22.5 Å². The fourth-order valence-corrected chi connectivity index (χ4v) is 4.72. The smallest absolute Gasteiger partial charge is 0.244 e. The van der Waals surface area contributed by atoms with Crippen LogP contribution < -0.4 is 9.62 Å². The van der Waals surface area contributed by atoms with Gasteiger partial charge in [-0.15, -0.1) is 0 Å². The highest BCUT2D eigenvalue weighted by Gasteiger charge is 2.32. The summed E-state index contributed by atoms with van der Waals surface area (Å²) in [6, 6.07) is 13.2. The zero-order chi connectivity index (χ0) is 26.2. The zero-order valence-corrected chi connectivity index (χ0v) is 22.8. The van der Waals surface area contributed by atoms with Crippen LogP contribution in [0.25, 0.3) is 0 Å². The summed E-state index contributed by atoms with van der Waals surface area (Å²) >= 11 is 12.1. The Bertz CT molecular complexity index is 1110. The molecular weight excluding hydrogens is 509 g/mol.